The van der Waals surface area contributed by atoms with Crippen LogP contribution < -0.4 is 15.8 Å². The summed E-state index contributed by atoms with van der Waals surface area (Å²) in [5.41, 5.74) is 2.06. The second-order valence-electron chi connectivity index (χ2n) is 5.28. The summed E-state index contributed by atoms with van der Waals surface area (Å²) in [5, 5.41) is 11.5. The molecular formula is C17H23IN4O2S. The molecule has 0 unspecified atom stereocenters. The van der Waals surface area contributed by atoms with Crippen LogP contribution in [0.2, 0.25) is 0 Å². The molecule has 8 heteroatoms. The topological polar surface area (TPSA) is 96.6 Å². The molecule has 0 bridgehead atoms. The van der Waals surface area contributed by atoms with Gasteiger partial charge in [-0.05, 0) is 29.7 Å². The number of rotatable bonds is 6. The van der Waals surface area contributed by atoms with Gasteiger partial charge in [0.25, 0.3) is 0 Å². The minimum atomic E-state index is -3.69. The van der Waals surface area contributed by atoms with E-state index in [9.17, 15) is 8.42 Å². The van der Waals surface area contributed by atoms with E-state index in [1.54, 1.807) is 19.2 Å². The molecule has 0 aliphatic carbocycles. The van der Waals surface area contributed by atoms with E-state index < -0.39 is 10.0 Å². The van der Waals surface area contributed by atoms with Crippen LogP contribution >= 0.6 is 24.0 Å². The Hall–Kier alpha value is -1.65. The van der Waals surface area contributed by atoms with Gasteiger partial charge in [-0.15, -0.1) is 24.0 Å². The molecule has 0 aromatic heterocycles. The molecule has 2 rings (SSSR count). The van der Waals surface area contributed by atoms with Crippen LogP contribution in [0.5, 0.6) is 0 Å². The van der Waals surface area contributed by atoms with Gasteiger partial charge in [0, 0.05) is 20.1 Å². The standard InChI is InChI=1S/C17H22N4O2S.HI/c1-19-17(20-11-10-14-6-3-2-4-7-14)21-13-15-8-5-9-16(12-15)24(18,22)23;/h2-9,12H,10-11,13H2,1H3,(H2,18,22,23)(H2,19,20,21);1H. The molecule has 0 spiro atoms. The second kappa shape index (κ2) is 10.4. The van der Waals surface area contributed by atoms with Crippen LogP contribution in [-0.2, 0) is 23.0 Å². The van der Waals surface area contributed by atoms with Gasteiger partial charge < -0.3 is 10.6 Å². The predicted octanol–water partition coefficient (Wildman–Crippen LogP) is 1.86. The second-order valence-corrected chi connectivity index (χ2v) is 6.84. The third-order valence-corrected chi connectivity index (χ3v) is 4.37. The number of hydrogen-bond donors (Lipinski definition) is 3. The summed E-state index contributed by atoms with van der Waals surface area (Å²) in [5.74, 6) is 0.659. The lowest BCUT2D eigenvalue weighted by atomic mass is 10.1. The molecule has 0 saturated carbocycles. The fourth-order valence-electron chi connectivity index (χ4n) is 2.21. The lowest BCUT2D eigenvalue weighted by molar-refractivity contribution is 0.597. The zero-order chi connectivity index (χ0) is 17.4. The van der Waals surface area contributed by atoms with Crippen molar-refractivity contribution in [2.24, 2.45) is 10.1 Å². The van der Waals surface area contributed by atoms with E-state index in [-0.39, 0.29) is 28.9 Å². The number of primary sulfonamides is 1. The summed E-state index contributed by atoms with van der Waals surface area (Å²) < 4.78 is 22.8. The van der Waals surface area contributed by atoms with Crippen LogP contribution in [0.15, 0.2) is 64.5 Å². The van der Waals surface area contributed by atoms with Crippen LogP contribution in [0.4, 0.5) is 0 Å². The lowest BCUT2D eigenvalue weighted by Gasteiger charge is -2.12. The van der Waals surface area contributed by atoms with Crippen molar-refractivity contribution in [3.05, 3.63) is 65.7 Å². The first-order valence-corrected chi connectivity index (χ1v) is 9.14. The number of nitrogens with zero attached hydrogens (tertiary/aromatic N) is 1. The third kappa shape index (κ3) is 7.41. The van der Waals surface area contributed by atoms with Crippen LogP contribution in [0.1, 0.15) is 11.1 Å². The normalized spacial score (nSPS) is 11.5. The van der Waals surface area contributed by atoms with E-state index in [4.69, 9.17) is 5.14 Å². The summed E-state index contributed by atoms with van der Waals surface area (Å²) in [6, 6.07) is 16.7. The van der Waals surface area contributed by atoms with E-state index in [2.05, 4.69) is 27.8 Å². The largest absolute Gasteiger partial charge is 0.356 e. The number of halogens is 1. The van der Waals surface area contributed by atoms with Gasteiger partial charge in [0.15, 0.2) is 5.96 Å². The number of nitrogens with two attached hydrogens (primary N) is 1. The van der Waals surface area contributed by atoms with Crippen molar-refractivity contribution in [2.45, 2.75) is 17.9 Å². The highest BCUT2D eigenvalue weighted by Gasteiger charge is 2.08. The maximum Gasteiger partial charge on any atom is 0.238 e. The molecule has 25 heavy (non-hydrogen) atoms. The van der Waals surface area contributed by atoms with Crippen molar-refractivity contribution >= 4 is 40.0 Å². The van der Waals surface area contributed by atoms with Crippen LogP contribution in [0.3, 0.4) is 0 Å². The van der Waals surface area contributed by atoms with Crippen molar-refractivity contribution in [1.82, 2.24) is 10.6 Å². The maximum absolute atomic E-state index is 11.4. The third-order valence-electron chi connectivity index (χ3n) is 3.46. The van der Waals surface area contributed by atoms with Gasteiger partial charge in [0.2, 0.25) is 10.0 Å². The number of nitrogens with one attached hydrogen (secondary N) is 2. The van der Waals surface area contributed by atoms with Gasteiger partial charge in [0.05, 0.1) is 4.90 Å². The molecule has 0 heterocycles. The molecule has 0 atom stereocenters. The van der Waals surface area contributed by atoms with E-state index in [0.29, 0.717) is 12.5 Å². The fraction of sp³-hybridized carbons (Fsp3) is 0.235. The van der Waals surface area contributed by atoms with Crippen LogP contribution in [-0.4, -0.2) is 28.0 Å². The number of benzene rings is 2. The molecule has 0 aliphatic rings. The highest BCUT2D eigenvalue weighted by molar-refractivity contribution is 14.0. The molecule has 0 saturated heterocycles. The van der Waals surface area contributed by atoms with Crippen molar-refractivity contribution in [1.29, 1.82) is 0 Å². The number of sulfonamides is 1. The van der Waals surface area contributed by atoms with Crippen molar-refractivity contribution < 1.29 is 8.42 Å². The van der Waals surface area contributed by atoms with Gasteiger partial charge in [-0.2, -0.15) is 0 Å². The number of aliphatic imine (C=N–C) groups is 1. The first-order valence-electron chi connectivity index (χ1n) is 7.59. The van der Waals surface area contributed by atoms with Gasteiger partial charge in [-0.3, -0.25) is 4.99 Å². The monoisotopic (exact) mass is 474 g/mol. The Morgan fingerprint density at radius 3 is 2.36 bits per heavy atom. The molecule has 2 aromatic carbocycles. The van der Waals surface area contributed by atoms with E-state index in [1.807, 2.05) is 24.3 Å². The summed E-state index contributed by atoms with van der Waals surface area (Å²) >= 11 is 0. The zero-order valence-electron chi connectivity index (χ0n) is 14.0. The molecule has 0 fully saturated rings. The Morgan fingerprint density at radius 1 is 1.04 bits per heavy atom. The summed E-state index contributed by atoms with van der Waals surface area (Å²) in [4.78, 5) is 4.26. The minimum Gasteiger partial charge on any atom is -0.356 e. The average molecular weight is 474 g/mol. The average Bonchev–Trinajstić information content (AvgIpc) is 2.58. The highest BCUT2D eigenvalue weighted by atomic mass is 127. The van der Waals surface area contributed by atoms with E-state index >= 15 is 0 Å². The Kier molecular flexibility index (Phi) is 8.87. The molecular weight excluding hydrogens is 451 g/mol. The molecule has 0 radical (unpaired) electrons. The minimum absolute atomic E-state index is 0. The lowest BCUT2D eigenvalue weighted by Crippen LogP contribution is -2.37. The van der Waals surface area contributed by atoms with Crippen molar-refractivity contribution in [2.75, 3.05) is 13.6 Å². The first kappa shape index (κ1) is 21.4. The summed E-state index contributed by atoms with van der Waals surface area (Å²) in [6.45, 7) is 1.20. The Labute approximate surface area is 166 Å². The summed E-state index contributed by atoms with van der Waals surface area (Å²) in [6.07, 6.45) is 0.891. The van der Waals surface area contributed by atoms with Gasteiger partial charge in [-0.25, -0.2) is 13.6 Å². The molecule has 2 aromatic rings. The Bertz CT molecular complexity index is 795. The smallest absolute Gasteiger partial charge is 0.238 e. The number of guanidine groups is 1. The fourth-order valence-corrected chi connectivity index (χ4v) is 2.79. The Morgan fingerprint density at radius 2 is 1.72 bits per heavy atom. The van der Waals surface area contributed by atoms with E-state index in [1.165, 1.54) is 11.6 Å². The van der Waals surface area contributed by atoms with Gasteiger partial charge in [0.1, 0.15) is 0 Å². The summed E-state index contributed by atoms with van der Waals surface area (Å²) in [7, 11) is -1.99. The van der Waals surface area contributed by atoms with E-state index in [0.717, 1.165) is 18.5 Å². The maximum atomic E-state index is 11.4. The number of hydrogen-bond acceptors (Lipinski definition) is 3. The molecule has 0 aliphatic heterocycles. The quantitative estimate of drug-likeness (QED) is 0.338. The van der Waals surface area contributed by atoms with Crippen molar-refractivity contribution in [3.63, 3.8) is 0 Å². The predicted molar refractivity (Wildman–Crippen MR) is 112 cm³/mol. The molecule has 136 valence electrons. The Balaban J connectivity index is 0.00000312. The van der Waals surface area contributed by atoms with Crippen molar-refractivity contribution in [3.8, 4) is 0 Å². The zero-order valence-corrected chi connectivity index (χ0v) is 17.1. The first-order chi connectivity index (χ1) is 11.5. The van der Waals surface area contributed by atoms with Gasteiger partial charge >= 0.3 is 0 Å². The highest BCUT2D eigenvalue weighted by Crippen LogP contribution is 2.09. The molecule has 6 nitrogen and oxygen atoms in total. The van der Waals surface area contributed by atoms with Crippen LogP contribution in [0, 0.1) is 0 Å². The molecule has 4 N–H and O–H groups in total. The molecule has 0 amide bonds. The SMILES string of the molecule is CN=C(NCCc1ccccc1)NCc1cccc(S(N)(=O)=O)c1.I. The van der Waals surface area contributed by atoms with Crippen LogP contribution in [0.25, 0.3) is 0 Å². The van der Waals surface area contributed by atoms with Gasteiger partial charge in [-0.1, -0.05) is 42.5 Å².